The molecule has 1 aliphatic rings. The maximum atomic E-state index is 12.8. The van der Waals surface area contributed by atoms with Gasteiger partial charge < -0.3 is 10.6 Å². The summed E-state index contributed by atoms with van der Waals surface area (Å²) in [6.45, 7) is 2.11. The first-order chi connectivity index (χ1) is 18.7. The van der Waals surface area contributed by atoms with Crippen molar-refractivity contribution in [2.24, 2.45) is 0 Å². The van der Waals surface area contributed by atoms with Gasteiger partial charge >= 0.3 is 0 Å². The molecule has 0 saturated heterocycles. The molecular formula is C26H27N7O4S2. The molecule has 0 aliphatic heterocycles. The number of hydrogen-bond donors (Lipinski definition) is 4. The summed E-state index contributed by atoms with van der Waals surface area (Å²) in [5, 5.41) is 6.05. The van der Waals surface area contributed by atoms with Gasteiger partial charge in [0.2, 0.25) is 16.0 Å². The fourth-order valence-electron chi connectivity index (χ4n) is 3.66. The molecule has 0 bridgehead atoms. The summed E-state index contributed by atoms with van der Waals surface area (Å²) < 4.78 is 54.9. The largest absolute Gasteiger partial charge is 0.340 e. The quantitative estimate of drug-likeness (QED) is 0.211. The highest BCUT2D eigenvalue weighted by molar-refractivity contribution is 7.92. The van der Waals surface area contributed by atoms with Gasteiger partial charge in [-0.15, -0.1) is 0 Å². The molecule has 1 fully saturated rings. The van der Waals surface area contributed by atoms with Crippen molar-refractivity contribution in [3.05, 3.63) is 90.4 Å². The van der Waals surface area contributed by atoms with Crippen LogP contribution in [-0.2, 0) is 26.6 Å². The van der Waals surface area contributed by atoms with Crippen LogP contribution in [0.1, 0.15) is 24.0 Å². The van der Waals surface area contributed by atoms with Crippen LogP contribution in [0.4, 0.5) is 28.8 Å². The molecule has 39 heavy (non-hydrogen) atoms. The average Bonchev–Trinajstić information content (AvgIpc) is 3.78. The van der Waals surface area contributed by atoms with E-state index < -0.39 is 20.0 Å². The van der Waals surface area contributed by atoms with E-state index in [0.29, 0.717) is 17.2 Å². The fraction of sp³-hybridized carbons (Fsp3) is 0.192. The third-order valence-electron chi connectivity index (χ3n) is 5.94. The highest BCUT2D eigenvalue weighted by Crippen LogP contribution is 2.28. The normalized spacial score (nSPS) is 13.6. The molecule has 0 radical (unpaired) electrons. The third-order valence-corrected chi connectivity index (χ3v) is 9.22. The first-order valence-corrected chi connectivity index (χ1v) is 15.2. The zero-order valence-corrected chi connectivity index (χ0v) is 22.6. The van der Waals surface area contributed by atoms with Crippen LogP contribution >= 0.6 is 0 Å². The van der Waals surface area contributed by atoms with Crippen molar-refractivity contribution in [3.63, 3.8) is 0 Å². The van der Waals surface area contributed by atoms with Crippen LogP contribution in [0.25, 0.3) is 0 Å². The lowest BCUT2D eigenvalue weighted by molar-refractivity contribution is 0.580. The molecule has 0 spiro atoms. The Bertz CT molecular complexity index is 1680. The van der Waals surface area contributed by atoms with E-state index in [1.807, 2.05) is 31.2 Å². The van der Waals surface area contributed by atoms with Crippen molar-refractivity contribution in [2.75, 3.05) is 15.4 Å². The van der Waals surface area contributed by atoms with Gasteiger partial charge in [0.05, 0.1) is 22.0 Å². The molecule has 1 saturated carbocycles. The molecular weight excluding hydrogens is 538 g/mol. The summed E-state index contributed by atoms with van der Waals surface area (Å²) in [5.74, 6) is 0.848. The molecule has 4 aromatic rings. The van der Waals surface area contributed by atoms with Gasteiger partial charge in [0.1, 0.15) is 5.82 Å². The highest BCUT2D eigenvalue weighted by Gasteiger charge is 2.35. The van der Waals surface area contributed by atoms with Crippen molar-refractivity contribution in [2.45, 2.75) is 36.5 Å². The van der Waals surface area contributed by atoms with Crippen LogP contribution < -0.4 is 20.1 Å². The summed E-state index contributed by atoms with van der Waals surface area (Å²) in [7, 11) is -7.06. The maximum absolute atomic E-state index is 12.8. The van der Waals surface area contributed by atoms with Gasteiger partial charge in [-0.3, -0.25) is 9.71 Å². The van der Waals surface area contributed by atoms with Crippen molar-refractivity contribution in [1.29, 1.82) is 0 Å². The zero-order valence-electron chi connectivity index (χ0n) is 21.0. The number of nitrogens with zero attached hydrogens (tertiary/aromatic N) is 3. The summed E-state index contributed by atoms with van der Waals surface area (Å²) in [6.07, 6.45) is 6.09. The molecule has 2 aromatic carbocycles. The molecule has 0 unspecified atom stereocenters. The van der Waals surface area contributed by atoms with E-state index in [-0.39, 0.29) is 22.6 Å². The number of hydrogen-bond acceptors (Lipinski definition) is 9. The monoisotopic (exact) mass is 565 g/mol. The Labute approximate surface area is 227 Å². The molecule has 202 valence electrons. The van der Waals surface area contributed by atoms with Gasteiger partial charge in [-0.2, -0.15) is 4.98 Å². The molecule has 13 heteroatoms. The molecule has 2 aromatic heterocycles. The van der Waals surface area contributed by atoms with Gasteiger partial charge in [0, 0.05) is 35.9 Å². The number of aryl methyl sites for hydroxylation is 1. The Balaban J connectivity index is 1.25. The van der Waals surface area contributed by atoms with E-state index in [1.54, 1.807) is 36.7 Å². The number of anilines is 5. The summed E-state index contributed by atoms with van der Waals surface area (Å²) in [4.78, 5) is 12.9. The van der Waals surface area contributed by atoms with Crippen LogP contribution in [0.2, 0.25) is 0 Å². The van der Waals surface area contributed by atoms with Gasteiger partial charge in [0.25, 0.3) is 10.0 Å². The van der Waals surface area contributed by atoms with E-state index in [1.165, 1.54) is 18.3 Å². The Kier molecular flexibility index (Phi) is 7.46. The summed E-state index contributed by atoms with van der Waals surface area (Å²) in [6, 6.07) is 17.0. The van der Waals surface area contributed by atoms with Crippen LogP contribution in [0.15, 0.2) is 84.1 Å². The second-order valence-corrected chi connectivity index (χ2v) is 12.8. The topological polar surface area (TPSA) is 155 Å². The average molecular weight is 566 g/mol. The molecule has 5 rings (SSSR count). The van der Waals surface area contributed by atoms with Gasteiger partial charge in [0.15, 0.2) is 0 Å². The van der Waals surface area contributed by atoms with Crippen molar-refractivity contribution in [3.8, 4) is 0 Å². The first kappa shape index (κ1) is 26.5. The second kappa shape index (κ2) is 11.0. The van der Waals surface area contributed by atoms with Crippen LogP contribution in [0.3, 0.4) is 0 Å². The predicted molar refractivity (Wildman–Crippen MR) is 150 cm³/mol. The third kappa shape index (κ3) is 6.88. The van der Waals surface area contributed by atoms with E-state index in [0.717, 1.165) is 29.7 Å². The van der Waals surface area contributed by atoms with E-state index in [2.05, 4.69) is 35.0 Å². The highest BCUT2D eigenvalue weighted by atomic mass is 32.2. The second-order valence-electron chi connectivity index (χ2n) is 9.11. The van der Waals surface area contributed by atoms with Crippen molar-refractivity contribution in [1.82, 2.24) is 19.7 Å². The first-order valence-electron chi connectivity index (χ1n) is 12.2. The lowest BCUT2D eigenvalue weighted by Crippen LogP contribution is -2.26. The summed E-state index contributed by atoms with van der Waals surface area (Å²) in [5.41, 5.74) is 3.28. The van der Waals surface area contributed by atoms with Crippen LogP contribution in [-0.4, -0.2) is 37.0 Å². The SMILES string of the molecule is Cc1cnc(Nc2cccc(S(=O)(=O)Nc3cccnc3)c2)nc1Nc1ccc(CNS(=O)(=O)C2CC2)cc1. The Morgan fingerprint density at radius 2 is 1.64 bits per heavy atom. The van der Waals surface area contributed by atoms with Gasteiger partial charge in [-0.05, 0) is 67.8 Å². The number of aromatic nitrogens is 3. The number of rotatable bonds is 11. The van der Waals surface area contributed by atoms with E-state index in [4.69, 9.17) is 0 Å². The smallest absolute Gasteiger partial charge is 0.262 e. The molecule has 2 heterocycles. The minimum Gasteiger partial charge on any atom is -0.340 e. The predicted octanol–water partition coefficient (Wildman–Crippen LogP) is 4.05. The molecule has 11 nitrogen and oxygen atoms in total. The number of benzene rings is 2. The lowest BCUT2D eigenvalue weighted by atomic mass is 10.2. The molecule has 1 aliphatic carbocycles. The Morgan fingerprint density at radius 1 is 0.872 bits per heavy atom. The lowest BCUT2D eigenvalue weighted by Gasteiger charge is -2.13. The summed E-state index contributed by atoms with van der Waals surface area (Å²) >= 11 is 0. The number of pyridine rings is 1. The van der Waals surface area contributed by atoms with Gasteiger partial charge in [-0.25, -0.2) is 26.5 Å². The Morgan fingerprint density at radius 3 is 2.36 bits per heavy atom. The van der Waals surface area contributed by atoms with E-state index in [9.17, 15) is 16.8 Å². The van der Waals surface area contributed by atoms with E-state index >= 15 is 0 Å². The Hall–Kier alpha value is -4.07. The molecule has 4 N–H and O–H groups in total. The van der Waals surface area contributed by atoms with Crippen LogP contribution in [0.5, 0.6) is 0 Å². The molecule has 0 amide bonds. The minimum absolute atomic E-state index is 0.0707. The van der Waals surface area contributed by atoms with Crippen LogP contribution in [0, 0.1) is 6.92 Å². The standard InChI is InChI=1S/C26H27N7O4S2/c1-18-15-28-26(31-21-4-2-6-24(14-21)39(36,37)33-22-5-3-13-27-17-22)32-25(18)30-20-9-7-19(8-10-20)16-29-38(34,35)23-11-12-23/h2-10,13-15,17,23,29,33H,11-12,16H2,1H3,(H2,28,30,31,32). The zero-order chi connectivity index (χ0) is 27.5. The van der Waals surface area contributed by atoms with Crippen molar-refractivity contribution < 1.29 is 16.8 Å². The van der Waals surface area contributed by atoms with Gasteiger partial charge in [-0.1, -0.05) is 18.2 Å². The minimum atomic E-state index is -3.82. The van der Waals surface area contributed by atoms with Crippen molar-refractivity contribution >= 4 is 48.9 Å². The number of sulfonamides is 2. The maximum Gasteiger partial charge on any atom is 0.262 e. The molecule has 0 atom stereocenters. The fourth-order valence-corrected chi connectivity index (χ4v) is 6.11. The number of nitrogens with one attached hydrogen (secondary N) is 4.